The molecule has 2 heterocycles. The topological polar surface area (TPSA) is 110 Å². The number of carboxylic acids is 1. The van der Waals surface area contributed by atoms with E-state index in [1.54, 1.807) is 20.8 Å². The van der Waals surface area contributed by atoms with Crippen LogP contribution in [-0.4, -0.2) is 52.5 Å². The van der Waals surface area contributed by atoms with Crippen LogP contribution in [0.1, 0.15) is 20.8 Å². The lowest BCUT2D eigenvalue weighted by Gasteiger charge is -2.10. The van der Waals surface area contributed by atoms with E-state index in [4.69, 9.17) is 9.84 Å². The minimum Gasteiger partial charge on any atom is -0.475 e. The number of hydrogen-bond acceptors (Lipinski definition) is 8. The van der Waals surface area contributed by atoms with E-state index in [2.05, 4.69) is 4.74 Å². The number of carbonyl (C=O) groups is 4. The molecule has 0 bridgehead atoms. The number of carbonyl (C=O) groups excluding carboxylic acids is 3. The minimum absolute atomic E-state index is 0.0787. The molecule has 0 aromatic rings. The third-order valence-corrected chi connectivity index (χ3v) is 5.00. The van der Waals surface area contributed by atoms with Gasteiger partial charge >= 0.3 is 17.9 Å². The summed E-state index contributed by atoms with van der Waals surface area (Å²) in [6.07, 6.45) is -0.480. The number of ketones is 1. The molecule has 1 unspecified atom stereocenters. The fraction of sp³-hybridized carbons (Fsp3) is 0.538. The van der Waals surface area contributed by atoms with Crippen molar-refractivity contribution in [3.05, 3.63) is 9.81 Å². The molecule has 2 aliphatic heterocycles. The Labute approximate surface area is 135 Å². The van der Waals surface area contributed by atoms with E-state index in [0.29, 0.717) is 4.24 Å². The Morgan fingerprint density at radius 1 is 1.27 bits per heavy atom. The molecule has 2 aliphatic rings. The van der Waals surface area contributed by atoms with Crippen molar-refractivity contribution < 1.29 is 33.8 Å². The van der Waals surface area contributed by atoms with Gasteiger partial charge in [-0.05, 0) is 20.8 Å². The van der Waals surface area contributed by atoms with Crippen molar-refractivity contribution in [2.24, 2.45) is 0 Å². The smallest absolute Gasteiger partial charge is 0.377 e. The van der Waals surface area contributed by atoms with Crippen molar-refractivity contribution in [2.75, 3.05) is 11.5 Å². The monoisotopic (exact) mass is 348 g/mol. The van der Waals surface area contributed by atoms with E-state index in [-0.39, 0.29) is 17.6 Å². The Balaban J connectivity index is 0.000000406. The number of carboxylic acid groups (broad SMARTS) is 1. The molecule has 0 saturated carbocycles. The molecule has 0 spiro atoms. The van der Waals surface area contributed by atoms with Gasteiger partial charge < -0.3 is 14.6 Å². The van der Waals surface area contributed by atoms with Gasteiger partial charge in [0.05, 0.1) is 10.3 Å². The van der Waals surface area contributed by atoms with Crippen molar-refractivity contribution in [3.8, 4) is 0 Å². The number of esters is 1. The van der Waals surface area contributed by atoms with Crippen molar-refractivity contribution in [1.82, 2.24) is 0 Å². The molecule has 2 rings (SSSR count). The second-order valence-corrected chi connectivity index (χ2v) is 7.00. The van der Waals surface area contributed by atoms with E-state index in [1.807, 2.05) is 0 Å². The number of rotatable bonds is 4. The highest BCUT2D eigenvalue weighted by Crippen LogP contribution is 2.39. The van der Waals surface area contributed by atoms with Crippen LogP contribution in [0.5, 0.6) is 0 Å². The lowest BCUT2D eigenvalue weighted by Crippen LogP contribution is -2.25. The van der Waals surface area contributed by atoms with E-state index >= 15 is 0 Å². The Hall–Kier alpha value is -1.48. The van der Waals surface area contributed by atoms with Crippen LogP contribution in [0, 0.1) is 0 Å². The van der Waals surface area contributed by atoms with E-state index in [1.165, 1.54) is 23.5 Å². The largest absolute Gasteiger partial charge is 0.475 e. The van der Waals surface area contributed by atoms with Gasteiger partial charge in [-0.25, -0.2) is 14.4 Å². The van der Waals surface area contributed by atoms with Gasteiger partial charge in [0, 0.05) is 11.5 Å². The van der Waals surface area contributed by atoms with Gasteiger partial charge in [0.25, 0.3) is 5.78 Å². The standard InChI is InChI=1S/C10H12O5S2.C3H4O2/c1-5(2)15-9(14)6(7(11)8(12)13)10-16-3-4-17-10;1-2-3(4)5-2/h5H,3-4H2,1-2H3,(H,12,13);2H,1H3. The highest BCUT2D eigenvalue weighted by atomic mass is 32.2. The summed E-state index contributed by atoms with van der Waals surface area (Å²) >= 11 is 2.62. The van der Waals surface area contributed by atoms with Crippen LogP contribution >= 0.6 is 23.5 Å². The molecule has 0 aliphatic carbocycles. The number of epoxide rings is 1. The zero-order valence-electron chi connectivity index (χ0n) is 12.3. The Kier molecular flexibility index (Phi) is 6.95. The van der Waals surface area contributed by atoms with Crippen molar-refractivity contribution in [3.63, 3.8) is 0 Å². The summed E-state index contributed by atoms with van der Waals surface area (Å²) in [6.45, 7) is 5.00. The number of ether oxygens (including phenoxy) is 2. The maximum atomic E-state index is 11.7. The van der Waals surface area contributed by atoms with Gasteiger partial charge in [-0.15, -0.1) is 23.5 Å². The summed E-state index contributed by atoms with van der Waals surface area (Å²) in [5, 5.41) is 8.69. The molecular formula is C13H16O7S2. The fourth-order valence-corrected chi connectivity index (χ4v) is 3.76. The number of hydrogen-bond donors (Lipinski definition) is 1. The van der Waals surface area contributed by atoms with Crippen molar-refractivity contribution in [2.45, 2.75) is 33.0 Å². The predicted molar refractivity (Wildman–Crippen MR) is 81.4 cm³/mol. The summed E-state index contributed by atoms with van der Waals surface area (Å²) in [5.41, 5.74) is -0.348. The number of thioether (sulfide) groups is 2. The molecule has 1 atom stereocenters. The van der Waals surface area contributed by atoms with Crippen LogP contribution in [0.4, 0.5) is 0 Å². The average Bonchev–Trinajstić information content (AvgIpc) is 2.89. The molecule has 0 radical (unpaired) electrons. The average molecular weight is 348 g/mol. The molecule has 122 valence electrons. The Bertz CT molecular complexity index is 516. The molecule has 2 saturated heterocycles. The lowest BCUT2D eigenvalue weighted by atomic mass is 10.2. The van der Waals surface area contributed by atoms with Gasteiger partial charge in [-0.3, -0.25) is 4.79 Å². The Morgan fingerprint density at radius 3 is 2.05 bits per heavy atom. The summed E-state index contributed by atoms with van der Waals surface area (Å²) in [6, 6.07) is 0. The van der Waals surface area contributed by atoms with Crippen molar-refractivity contribution >= 4 is 47.2 Å². The van der Waals surface area contributed by atoms with Crippen LogP contribution in [0.15, 0.2) is 9.81 Å². The normalized spacial score (nSPS) is 19.0. The molecule has 0 aromatic carbocycles. The minimum atomic E-state index is -1.64. The van der Waals surface area contributed by atoms with Gasteiger partial charge in [0.1, 0.15) is 5.57 Å². The third-order valence-electron chi connectivity index (χ3n) is 2.29. The predicted octanol–water partition coefficient (Wildman–Crippen LogP) is 1.22. The van der Waals surface area contributed by atoms with Crippen LogP contribution in [0.25, 0.3) is 0 Å². The number of aliphatic carboxylic acids is 1. The van der Waals surface area contributed by atoms with Crippen LogP contribution < -0.4 is 0 Å². The Morgan fingerprint density at radius 2 is 1.73 bits per heavy atom. The molecule has 0 aromatic heterocycles. The molecule has 9 heteroatoms. The second kappa shape index (κ2) is 8.23. The third kappa shape index (κ3) is 5.72. The van der Waals surface area contributed by atoms with Crippen LogP contribution in [0.2, 0.25) is 0 Å². The SMILES string of the molecule is CC(C)OC(=O)C(C(=O)C(=O)O)=C1SCCS1.CC1OC1=O. The van der Waals surface area contributed by atoms with E-state index in [9.17, 15) is 19.2 Å². The van der Waals surface area contributed by atoms with Gasteiger partial charge in [-0.1, -0.05) is 0 Å². The molecule has 1 N–H and O–H groups in total. The number of cyclic esters (lactones) is 1. The van der Waals surface area contributed by atoms with Crippen molar-refractivity contribution in [1.29, 1.82) is 0 Å². The summed E-state index contributed by atoms with van der Waals surface area (Å²) < 4.78 is 9.61. The molecule has 7 nitrogen and oxygen atoms in total. The summed E-state index contributed by atoms with van der Waals surface area (Å²) in [7, 11) is 0. The summed E-state index contributed by atoms with van der Waals surface area (Å²) in [5.74, 6) is -2.26. The van der Waals surface area contributed by atoms with Gasteiger partial charge in [0.2, 0.25) is 0 Å². The first-order valence-corrected chi connectivity index (χ1v) is 8.40. The van der Waals surface area contributed by atoms with E-state index < -0.39 is 23.8 Å². The van der Waals surface area contributed by atoms with Gasteiger partial charge in [-0.2, -0.15) is 0 Å². The molecule has 2 fully saturated rings. The maximum absolute atomic E-state index is 11.7. The second-order valence-electron chi connectivity index (χ2n) is 4.53. The maximum Gasteiger partial charge on any atom is 0.377 e. The van der Waals surface area contributed by atoms with Gasteiger partial charge in [0.15, 0.2) is 6.10 Å². The zero-order chi connectivity index (χ0) is 16.9. The van der Waals surface area contributed by atoms with E-state index in [0.717, 1.165) is 11.5 Å². The van der Waals surface area contributed by atoms with Crippen LogP contribution in [-0.2, 0) is 28.7 Å². The fourth-order valence-electron chi connectivity index (χ4n) is 1.24. The lowest BCUT2D eigenvalue weighted by molar-refractivity contribution is -0.151. The first-order valence-electron chi connectivity index (χ1n) is 6.43. The zero-order valence-corrected chi connectivity index (χ0v) is 13.9. The molecule has 0 amide bonds. The molecule has 22 heavy (non-hydrogen) atoms. The highest BCUT2D eigenvalue weighted by Gasteiger charge is 2.32. The quantitative estimate of drug-likeness (QED) is 0.200. The number of Topliss-reactive ketones (excluding diaryl/α,β-unsaturated/α-hetero) is 1. The highest BCUT2D eigenvalue weighted by molar-refractivity contribution is 8.25. The summed E-state index contributed by atoms with van der Waals surface area (Å²) in [4.78, 5) is 43.5. The molecular weight excluding hydrogens is 332 g/mol. The first-order chi connectivity index (χ1) is 10.2. The first kappa shape index (κ1) is 18.6. The van der Waals surface area contributed by atoms with Crippen LogP contribution in [0.3, 0.4) is 0 Å².